The van der Waals surface area contributed by atoms with E-state index in [0.717, 1.165) is 27.1 Å². The van der Waals surface area contributed by atoms with Gasteiger partial charge in [0.15, 0.2) is 5.78 Å². The van der Waals surface area contributed by atoms with Crippen molar-refractivity contribution in [2.75, 3.05) is 113 Å². The number of amides is 1. The Morgan fingerprint density at radius 3 is 1.10 bits per heavy atom. The molecule has 1 N–H and O–H groups in total. The number of nitrogens with one attached hydrogen (secondary N) is 1. The Bertz CT molecular complexity index is 2360. The summed E-state index contributed by atoms with van der Waals surface area (Å²) in [5.74, 6) is -10.7. The third kappa shape index (κ3) is 20.1. The van der Waals surface area contributed by atoms with E-state index in [1.165, 1.54) is 62.5 Å². The minimum atomic E-state index is -2.61. The van der Waals surface area contributed by atoms with E-state index in [4.69, 9.17) is 61.6 Å². The molecule has 0 unspecified atom stereocenters. The molecule has 484 valence electrons. The Kier molecular flexibility index (Phi) is 33.0. The minimum absolute atomic E-state index is 0.0579. The number of methoxy groups -OCH3 is 1. The van der Waals surface area contributed by atoms with E-state index in [2.05, 4.69) is 11.4 Å². The number of ketones is 1. The lowest BCUT2D eigenvalue weighted by Gasteiger charge is -2.35. The second-order valence-corrected chi connectivity index (χ2v) is 20.1. The van der Waals surface area contributed by atoms with Crippen LogP contribution in [0.3, 0.4) is 0 Å². The summed E-state index contributed by atoms with van der Waals surface area (Å²) < 4.78 is 71.5. The molecule has 0 bridgehead atoms. The minimum Gasteiger partial charge on any atom is -0.465 e. The van der Waals surface area contributed by atoms with Crippen molar-refractivity contribution in [3.8, 4) is 0 Å². The third-order valence-electron chi connectivity index (χ3n) is 14.2. The standard InChI is InChI=1S/C63H89NO23/c1-10-79-51(66)61(50(65)41-75-9,52(67)80-11-2)32-36-76-42-60(43-77-37-33-62(53(68)81-12-3,54(69)82-13-4)55(70)83-14-5,44-78-38-34-63(56(71)84-15-6,57(72)85-16-7)58(73)86-17-8)31-25-19-18-20-26-35-64-59(74)87-40-49-47-29-23-21-27-45(47)39-46-28-22-24-30-48(46)49/h21-24,27-30,39H,10-20,25-26,31-38,40-44H2,1-9H3,(H,64,74). The van der Waals surface area contributed by atoms with Gasteiger partial charge >= 0.3 is 53.8 Å². The van der Waals surface area contributed by atoms with Gasteiger partial charge in [0.05, 0.1) is 72.7 Å². The normalized spacial score (nSPS) is 11.7. The van der Waals surface area contributed by atoms with Gasteiger partial charge in [-0.2, -0.15) is 0 Å². The Morgan fingerprint density at radius 2 is 0.736 bits per heavy atom. The topological polar surface area (TPSA) is 303 Å². The summed E-state index contributed by atoms with van der Waals surface area (Å²) in [5, 5.41) is 6.85. The quantitative estimate of drug-likeness (QED) is 0.0189. The van der Waals surface area contributed by atoms with Crippen molar-refractivity contribution in [1.29, 1.82) is 0 Å². The van der Waals surface area contributed by atoms with E-state index < -0.39 is 127 Å². The molecule has 0 aliphatic carbocycles. The predicted octanol–water partition coefficient (Wildman–Crippen LogP) is 7.45. The Hall–Kier alpha value is -7.28. The van der Waals surface area contributed by atoms with Crippen LogP contribution in [0.25, 0.3) is 21.5 Å². The molecule has 0 aromatic heterocycles. The SMILES string of the molecule is CCOC(=O)C(CCOCC(CCCCCCCNC(=O)OCc1c2ccccc2cc2ccccc12)(COCCC(C(=O)OCC)(C(=O)OCC)C(=O)OCC)COCCC(C(=O)OCC)(C(=O)OCC)C(=O)OCC)(C(=O)COC)C(=O)OCC. The molecule has 0 fully saturated rings. The fourth-order valence-corrected chi connectivity index (χ4v) is 9.74. The van der Waals surface area contributed by atoms with Gasteiger partial charge in [0.1, 0.15) is 13.2 Å². The molecule has 24 heteroatoms. The van der Waals surface area contributed by atoms with Crippen molar-refractivity contribution in [1.82, 2.24) is 5.32 Å². The maximum atomic E-state index is 13.8. The first-order chi connectivity index (χ1) is 41.9. The van der Waals surface area contributed by atoms with Crippen molar-refractivity contribution < 1.29 is 110 Å². The first-order valence-corrected chi connectivity index (χ1v) is 29.8. The average molecular weight is 1230 g/mol. The highest BCUT2D eigenvalue weighted by Gasteiger charge is 2.59. The largest absolute Gasteiger partial charge is 0.465 e. The molecule has 87 heavy (non-hydrogen) atoms. The first-order valence-electron chi connectivity index (χ1n) is 29.8. The van der Waals surface area contributed by atoms with Gasteiger partial charge in [-0.25, -0.2) is 4.79 Å². The van der Waals surface area contributed by atoms with E-state index in [9.17, 15) is 47.9 Å². The number of hydrogen-bond acceptors (Lipinski definition) is 23. The molecule has 0 saturated heterocycles. The molecule has 0 atom stereocenters. The van der Waals surface area contributed by atoms with Crippen molar-refractivity contribution >= 4 is 81.2 Å². The summed E-state index contributed by atoms with van der Waals surface area (Å²) >= 11 is 0. The molecule has 0 aliphatic heterocycles. The van der Waals surface area contributed by atoms with E-state index >= 15 is 0 Å². The summed E-state index contributed by atoms with van der Waals surface area (Å²) in [4.78, 5) is 136. The summed E-state index contributed by atoms with van der Waals surface area (Å²) in [6.07, 6.45) is 0.733. The number of unbranched alkanes of at least 4 members (excludes halogenated alkanes) is 4. The summed E-state index contributed by atoms with van der Waals surface area (Å²) in [5.41, 5.74) is -8.14. The van der Waals surface area contributed by atoms with Crippen LogP contribution in [0.1, 0.15) is 119 Å². The highest BCUT2D eigenvalue weighted by atomic mass is 16.6. The van der Waals surface area contributed by atoms with Gasteiger partial charge in [0.25, 0.3) is 10.8 Å². The van der Waals surface area contributed by atoms with Gasteiger partial charge in [-0.3, -0.25) is 43.2 Å². The van der Waals surface area contributed by atoms with Gasteiger partial charge in [-0.05, 0) is 95.8 Å². The molecule has 0 aliphatic rings. The number of carbonyl (C=O) groups is 10. The number of fused-ring (bicyclic) bond motifs is 2. The van der Waals surface area contributed by atoms with Crippen LogP contribution in [0.2, 0.25) is 0 Å². The molecule has 0 radical (unpaired) electrons. The summed E-state index contributed by atoms with van der Waals surface area (Å²) in [6.45, 7) is 7.56. The van der Waals surface area contributed by atoms with Crippen LogP contribution < -0.4 is 5.32 Å². The maximum Gasteiger partial charge on any atom is 0.407 e. The van der Waals surface area contributed by atoms with Crippen molar-refractivity contribution in [3.63, 3.8) is 0 Å². The first kappa shape index (κ1) is 74.0. The monoisotopic (exact) mass is 1230 g/mol. The number of rotatable bonds is 44. The lowest BCUT2D eigenvalue weighted by atomic mass is 9.80. The number of esters is 8. The molecular weight excluding hydrogens is 1140 g/mol. The van der Waals surface area contributed by atoms with E-state index in [-0.39, 0.29) is 85.7 Å². The Labute approximate surface area is 508 Å². The molecule has 0 spiro atoms. The zero-order valence-electron chi connectivity index (χ0n) is 52.0. The van der Waals surface area contributed by atoms with Gasteiger partial charge < -0.3 is 66.9 Å². The van der Waals surface area contributed by atoms with Gasteiger partial charge in [-0.1, -0.05) is 74.2 Å². The van der Waals surface area contributed by atoms with Crippen molar-refractivity contribution in [2.45, 2.75) is 120 Å². The Morgan fingerprint density at radius 1 is 0.402 bits per heavy atom. The van der Waals surface area contributed by atoms with Gasteiger partial charge in [-0.15, -0.1) is 0 Å². The lowest BCUT2D eigenvalue weighted by Crippen LogP contribution is -2.51. The Balaban J connectivity index is 2.01. The number of hydrogen-bond donors (Lipinski definition) is 1. The molecular formula is C63H89NO23. The predicted molar refractivity (Wildman–Crippen MR) is 313 cm³/mol. The van der Waals surface area contributed by atoms with Crippen LogP contribution in [0.15, 0.2) is 54.6 Å². The molecule has 3 aromatic carbocycles. The second-order valence-electron chi connectivity index (χ2n) is 20.1. The van der Waals surface area contributed by atoms with Crippen LogP contribution in [0.5, 0.6) is 0 Å². The molecule has 3 rings (SSSR count). The zero-order valence-corrected chi connectivity index (χ0v) is 52.0. The smallest absolute Gasteiger partial charge is 0.407 e. The molecule has 0 saturated carbocycles. The summed E-state index contributed by atoms with van der Waals surface area (Å²) in [6, 6.07) is 17.9. The van der Waals surface area contributed by atoms with Crippen LogP contribution in [-0.4, -0.2) is 172 Å². The number of carbonyl (C=O) groups excluding carboxylic acids is 10. The number of ether oxygens (including phenoxy) is 13. The fraction of sp³-hybridized carbons (Fsp3) is 0.619. The lowest BCUT2D eigenvalue weighted by molar-refractivity contribution is -0.187. The van der Waals surface area contributed by atoms with Crippen LogP contribution in [0.4, 0.5) is 4.79 Å². The van der Waals surface area contributed by atoms with Gasteiger partial charge in [0, 0.05) is 63.7 Å². The van der Waals surface area contributed by atoms with Gasteiger partial charge in [0.2, 0.25) is 5.41 Å². The molecule has 1 amide bonds. The molecule has 3 aromatic rings. The van der Waals surface area contributed by atoms with Crippen molar-refractivity contribution in [3.05, 3.63) is 60.2 Å². The summed E-state index contributed by atoms with van der Waals surface area (Å²) in [7, 11) is 1.21. The van der Waals surface area contributed by atoms with E-state index in [0.29, 0.717) is 38.6 Å². The highest BCUT2D eigenvalue weighted by molar-refractivity contribution is 6.21. The van der Waals surface area contributed by atoms with Crippen LogP contribution in [0, 0.1) is 21.7 Å². The molecule has 24 nitrogen and oxygen atoms in total. The number of benzene rings is 3. The highest BCUT2D eigenvalue weighted by Crippen LogP contribution is 2.36. The van der Waals surface area contributed by atoms with Crippen molar-refractivity contribution in [2.24, 2.45) is 21.7 Å². The number of alkyl carbamates (subject to hydrolysis) is 1. The fourth-order valence-electron chi connectivity index (χ4n) is 9.74. The maximum absolute atomic E-state index is 13.8. The second kappa shape index (κ2) is 38.8. The molecule has 0 heterocycles. The number of Topliss-reactive ketones (excluding diaryl/α,β-unsaturated/α-hetero) is 1. The van der Waals surface area contributed by atoms with E-state index in [1.54, 1.807) is 0 Å². The third-order valence-corrected chi connectivity index (χ3v) is 14.2. The van der Waals surface area contributed by atoms with Crippen LogP contribution in [-0.2, 0) is 111 Å². The van der Waals surface area contributed by atoms with Crippen LogP contribution >= 0.6 is 0 Å². The zero-order chi connectivity index (χ0) is 64.3. The van der Waals surface area contributed by atoms with E-state index in [1.807, 2.05) is 48.5 Å². The average Bonchev–Trinajstić information content (AvgIpc) is 3.68.